The van der Waals surface area contributed by atoms with E-state index >= 15 is 0 Å². The van der Waals surface area contributed by atoms with Crippen molar-refractivity contribution < 1.29 is 14.6 Å². The third kappa shape index (κ3) is 3.40. The first-order chi connectivity index (χ1) is 10.1. The first kappa shape index (κ1) is 14.9. The molecule has 1 aromatic carbocycles. The lowest BCUT2D eigenvalue weighted by molar-refractivity contribution is -0.142. The van der Waals surface area contributed by atoms with Crippen molar-refractivity contribution in [1.29, 1.82) is 0 Å². The quantitative estimate of drug-likeness (QED) is 0.854. The summed E-state index contributed by atoms with van der Waals surface area (Å²) in [5.74, 6) is 0.415. The van der Waals surface area contributed by atoms with Crippen LogP contribution < -0.4 is 10.1 Å². The van der Waals surface area contributed by atoms with E-state index in [0.29, 0.717) is 0 Å². The Balaban J connectivity index is 1.46. The molecule has 0 radical (unpaired) electrons. The average molecular weight is 354 g/mol. The fraction of sp³-hybridized carbons (Fsp3) is 0.562. The van der Waals surface area contributed by atoms with Crippen molar-refractivity contribution in [1.82, 2.24) is 5.32 Å². The second-order valence-electron chi connectivity index (χ2n) is 5.99. The van der Waals surface area contributed by atoms with Crippen LogP contribution in [0.15, 0.2) is 22.7 Å². The lowest BCUT2D eigenvalue weighted by Crippen LogP contribution is -2.35. The summed E-state index contributed by atoms with van der Waals surface area (Å²) in [6.45, 7) is 1.55. The van der Waals surface area contributed by atoms with Crippen molar-refractivity contribution in [2.75, 3.05) is 13.1 Å². The van der Waals surface area contributed by atoms with Gasteiger partial charge in [-0.15, -0.1) is 0 Å². The second kappa shape index (κ2) is 6.36. The summed E-state index contributed by atoms with van der Waals surface area (Å²) < 4.78 is 6.98. The molecule has 0 aromatic heterocycles. The van der Waals surface area contributed by atoms with E-state index in [4.69, 9.17) is 4.74 Å². The Morgan fingerprint density at radius 3 is 3.05 bits per heavy atom. The number of fused-ring (bicyclic) bond motifs is 1. The van der Waals surface area contributed by atoms with Gasteiger partial charge in [0.2, 0.25) is 0 Å². The van der Waals surface area contributed by atoms with Crippen molar-refractivity contribution in [3.63, 3.8) is 0 Å². The highest BCUT2D eigenvalue weighted by atomic mass is 79.9. The zero-order valence-electron chi connectivity index (χ0n) is 11.8. The molecule has 1 aliphatic heterocycles. The SMILES string of the molecule is O=C(O)C1CCCC1CNCC1Cc2cc(Br)ccc2O1. The fourth-order valence-electron chi connectivity index (χ4n) is 3.44. The smallest absolute Gasteiger partial charge is 0.306 e. The van der Waals surface area contributed by atoms with E-state index in [0.717, 1.165) is 49.0 Å². The Hall–Kier alpha value is -1.07. The van der Waals surface area contributed by atoms with Crippen LogP contribution in [0.25, 0.3) is 0 Å². The summed E-state index contributed by atoms with van der Waals surface area (Å²) in [4.78, 5) is 11.2. The predicted octanol–water partition coefficient (Wildman–Crippen LogP) is 2.84. The summed E-state index contributed by atoms with van der Waals surface area (Å²) in [5, 5.41) is 12.6. The molecule has 2 aliphatic rings. The zero-order chi connectivity index (χ0) is 14.8. The summed E-state index contributed by atoms with van der Waals surface area (Å²) in [6, 6.07) is 6.09. The summed E-state index contributed by atoms with van der Waals surface area (Å²) in [6.07, 6.45) is 3.93. The molecule has 21 heavy (non-hydrogen) atoms. The predicted molar refractivity (Wildman–Crippen MR) is 83.6 cm³/mol. The maximum absolute atomic E-state index is 11.2. The Kier molecular flexibility index (Phi) is 4.50. The molecular weight excluding hydrogens is 334 g/mol. The van der Waals surface area contributed by atoms with Crippen molar-refractivity contribution in [3.05, 3.63) is 28.2 Å². The van der Waals surface area contributed by atoms with Crippen LogP contribution in [0, 0.1) is 11.8 Å². The minimum absolute atomic E-state index is 0.152. The molecule has 3 unspecified atom stereocenters. The number of rotatable bonds is 5. The van der Waals surface area contributed by atoms with E-state index in [1.807, 2.05) is 12.1 Å². The van der Waals surface area contributed by atoms with Crippen molar-refractivity contribution in [3.8, 4) is 5.75 Å². The van der Waals surface area contributed by atoms with Crippen molar-refractivity contribution in [2.45, 2.75) is 31.8 Å². The Morgan fingerprint density at radius 2 is 2.24 bits per heavy atom. The van der Waals surface area contributed by atoms with Gasteiger partial charge >= 0.3 is 5.97 Å². The number of hydrogen-bond donors (Lipinski definition) is 2. The lowest BCUT2D eigenvalue weighted by Gasteiger charge is -2.18. The van der Waals surface area contributed by atoms with Crippen LogP contribution in [0.5, 0.6) is 5.75 Å². The number of benzene rings is 1. The van der Waals surface area contributed by atoms with Gasteiger partial charge in [0.1, 0.15) is 11.9 Å². The van der Waals surface area contributed by atoms with Crippen LogP contribution >= 0.6 is 15.9 Å². The molecule has 4 nitrogen and oxygen atoms in total. The number of halogens is 1. The van der Waals surface area contributed by atoms with Crippen LogP contribution in [0.3, 0.4) is 0 Å². The number of carbonyl (C=O) groups is 1. The van der Waals surface area contributed by atoms with E-state index in [1.54, 1.807) is 0 Å². The van der Waals surface area contributed by atoms with Crippen LogP contribution in [0.1, 0.15) is 24.8 Å². The summed E-state index contributed by atoms with van der Waals surface area (Å²) in [5.41, 5.74) is 1.24. The lowest BCUT2D eigenvalue weighted by atomic mass is 9.96. The topological polar surface area (TPSA) is 58.6 Å². The zero-order valence-corrected chi connectivity index (χ0v) is 13.4. The molecule has 1 saturated carbocycles. The van der Waals surface area contributed by atoms with E-state index < -0.39 is 5.97 Å². The van der Waals surface area contributed by atoms with Gasteiger partial charge in [-0.3, -0.25) is 4.79 Å². The Bertz CT molecular complexity index is 534. The number of ether oxygens (including phenoxy) is 1. The van der Waals surface area contributed by atoms with Crippen LogP contribution in [-0.2, 0) is 11.2 Å². The number of hydrogen-bond acceptors (Lipinski definition) is 3. The molecule has 2 N–H and O–H groups in total. The highest BCUT2D eigenvalue weighted by Gasteiger charge is 2.32. The van der Waals surface area contributed by atoms with Crippen LogP contribution in [0.2, 0.25) is 0 Å². The average Bonchev–Trinajstić information content (AvgIpc) is 3.04. The van der Waals surface area contributed by atoms with E-state index in [1.165, 1.54) is 5.56 Å². The van der Waals surface area contributed by atoms with Gasteiger partial charge in [0.15, 0.2) is 0 Å². The van der Waals surface area contributed by atoms with Crippen molar-refractivity contribution in [2.24, 2.45) is 11.8 Å². The standard InChI is InChI=1S/C16H20BrNO3/c17-12-4-5-15-11(6-12)7-13(21-15)9-18-8-10-2-1-3-14(10)16(19)20/h4-6,10,13-14,18H,1-3,7-9H2,(H,19,20). The molecule has 0 saturated heterocycles. The van der Waals surface area contributed by atoms with Gasteiger partial charge in [-0.25, -0.2) is 0 Å². The van der Waals surface area contributed by atoms with E-state index in [2.05, 4.69) is 27.3 Å². The molecule has 114 valence electrons. The van der Waals surface area contributed by atoms with Crippen LogP contribution in [0.4, 0.5) is 0 Å². The molecule has 1 fully saturated rings. The summed E-state index contributed by atoms with van der Waals surface area (Å²) in [7, 11) is 0. The van der Waals surface area contributed by atoms with Gasteiger partial charge in [-0.1, -0.05) is 22.4 Å². The molecule has 3 rings (SSSR count). The normalized spacial score (nSPS) is 27.4. The first-order valence-electron chi connectivity index (χ1n) is 7.52. The largest absolute Gasteiger partial charge is 0.488 e. The van der Waals surface area contributed by atoms with E-state index in [9.17, 15) is 9.90 Å². The number of carboxylic acids is 1. The van der Waals surface area contributed by atoms with Gasteiger partial charge in [0.25, 0.3) is 0 Å². The monoisotopic (exact) mass is 353 g/mol. The second-order valence-corrected chi connectivity index (χ2v) is 6.91. The van der Waals surface area contributed by atoms with E-state index in [-0.39, 0.29) is 17.9 Å². The Labute approximate surface area is 133 Å². The maximum atomic E-state index is 11.2. The number of carboxylic acid groups (broad SMARTS) is 1. The number of nitrogens with one attached hydrogen (secondary N) is 1. The molecule has 5 heteroatoms. The molecule has 0 bridgehead atoms. The van der Waals surface area contributed by atoms with Gasteiger partial charge in [0.05, 0.1) is 5.92 Å². The van der Waals surface area contributed by atoms with Gasteiger partial charge < -0.3 is 15.2 Å². The minimum Gasteiger partial charge on any atom is -0.488 e. The van der Waals surface area contributed by atoms with Crippen LogP contribution in [-0.4, -0.2) is 30.3 Å². The Morgan fingerprint density at radius 1 is 1.38 bits per heavy atom. The molecule has 0 amide bonds. The molecule has 0 spiro atoms. The highest BCUT2D eigenvalue weighted by Crippen LogP contribution is 2.32. The third-order valence-electron chi connectivity index (χ3n) is 4.52. The molecule has 3 atom stereocenters. The van der Waals surface area contributed by atoms with Gasteiger partial charge in [-0.2, -0.15) is 0 Å². The van der Waals surface area contributed by atoms with Gasteiger partial charge in [0, 0.05) is 17.4 Å². The molecule has 1 aliphatic carbocycles. The molecule has 1 heterocycles. The fourth-order valence-corrected chi connectivity index (χ4v) is 3.85. The van der Waals surface area contributed by atoms with Crippen molar-refractivity contribution >= 4 is 21.9 Å². The summed E-state index contributed by atoms with van der Waals surface area (Å²) >= 11 is 3.48. The third-order valence-corrected chi connectivity index (χ3v) is 5.01. The molecule has 1 aromatic rings. The number of aliphatic carboxylic acids is 1. The molecular formula is C16H20BrNO3. The van der Waals surface area contributed by atoms with Gasteiger partial charge in [-0.05, 0) is 49.1 Å². The first-order valence-corrected chi connectivity index (χ1v) is 8.31. The highest BCUT2D eigenvalue weighted by molar-refractivity contribution is 9.10. The minimum atomic E-state index is -0.645. The maximum Gasteiger partial charge on any atom is 0.306 e.